The molecular weight excluding hydrogens is 502 g/mol. The number of nitrogens with one attached hydrogen (secondary N) is 3. The standard InChI is InChI=1S/C28H34F2N8O/c1-2-28(29,30)24-18-37-13-14-38(24)17-20-5-3-6-22(15-20)35-27-33-12-9-23(36-27)21-7-8-25(34-16-21)31-10-4-11-32-26(39)19-37/h3,5-9,12,15-16,24H,2,4,10-11,13-14,17-19H2,1H3,(H,31,34)(H,32,39)(H,33,35,36). The van der Waals surface area contributed by atoms with E-state index in [1.165, 1.54) is 6.92 Å². The van der Waals surface area contributed by atoms with Gasteiger partial charge in [-0.3, -0.25) is 14.6 Å². The second kappa shape index (κ2) is 12.0. The van der Waals surface area contributed by atoms with Crippen molar-refractivity contribution in [2.75, 3.05) is 49.9 Å². The Hall–Kier alpha value is -3.70. The van der Waals surface area contributed by atoms with Gasteiger partial charge in [0.05, 0.1) is 18.3 Å². The van der Waals surface area contributed by atoms with Crippen molar-refractivity contribution in [1.82, 2.24) is 30.1 Å². The molecule has 2 aromatic heterocycles. The predicted octanol–water partition coefficient (Wildman–Crippen LogP) is 3.75. The summed E-state index contributed by atoms with van der Waals surface area (Å²) in [4.78, 5) is 29.7. The molecule has 1 fully saturated rings. The SMILES string of the molecule is CCC(F)(F)C1CN2CCN1Cc1cccc(c1)Nc1nccc(n1)-c1ccc(nc1)NCCCNC(=O)C2. The second-order valence-corrected chi connectivity index (χ2v) is 9.99. The van der Waals surface area contributed by atoms with Gasteiger partial charge >= 0.3 is 0 Å². The third-order valence-electron chi connectivity index (χ3n) is 7.17. The quantitative estimate of drug-likeness (QED) is 0.456. The third-order valence-corrected chi connectivity index (χ3v) is 7.17. The van der Waals surface area contributed by atoms with Crippen molar-refractivity contribution in [2.45, 2.75) is 38.3 Å². The number of benzene rings is 1. The Morgan fingerprint density at radius 2 is 1.92 bits per heavy atom. The van der Waals surface area contributed by atoms with E-state index in [0.29, 0.717) is 45.1 Å². The maximum absolute atomic E-state index is 15.1. The van der Waals surface area contributed by atoms with Crippen molar-refractivity contribution in [3.63, 3.8) is 0 Å². The first-order valence-electron chi connectivity index (χ1n) is 13.4. The number of amides is 1. The van der Waals surface area contributed by atoms with E-state index < -0.39 is 12.0 Å². The molecule has 39 heavy (non-hydrogen) atoms. The van der Waals surface area contributed by atoms with Crippen LogP contribution < -0.4 is 16.0 Å². The van der Waals surface area contributed by atoms with Crippen LogP contribution in [0.15, 0.2) is 54.9 Å². The molecule has 5 aliphatic rings. The van der Waals surface area contributed by atoms with Gasteiger partial charge in [-0.05, 0) is 42.3 Å². The molecule has 3 aromatic rings. The van der Waals surface area contributed by atoms with E-state index in [-0.39, 0.29) is 25.4 Å². The molecule has 9 nitrogen and oxygen atoms in total. The summed E-state index contributed by atoms with van der Waals surface area (Å²) in [6, 6.07) is 12.3. The van der Waals surface area contributed by atoms with E-state index in [1.807, 2.05) is 52.3 Å². The summed E-state index contributed by atoms with van der Waals surface area (Å²) in [5, 5.41) is 9.41. The minimum atomic E-state index is -2.87. The average Bonchev–Trinajstić information content (AvgIpc) is 2.94. The molecule has 1 saturated heterocycles. The highest BCUT2D eigenvalue weighted by atomic mass is 19.3. The lowest BCUT2D eigenvalue weighted by atomic mass is 10.0. The fourth-order valence-electron chi connectivity index (χ4n) is 4.98. The number of anilines is 3. The molecule has 7 heterocycles. The zero-order valence-electron chi connectivity index (χ0n) is 22.0. The minimum Gasteiger partial charge on any atom is -0.370 e. The highest BCUT2D eigenvalue weighted by Crippen LogP contribution is 2.31. The molecule has 8 bridgehead atoms. The molecule has 3 N–H and O–H groups in total. The van der Waals surface area contributed by atoms with Gasteiger partial charge in [-0.25, -0.2) is 23.7 Å². The molecule has 1 amide bonds. The van der Waals surface area contributed by atoms with Crippen molar-refractivity contribution in [1.29, 1.82) is 0 Å². The summed E-state index contributed by atoms with van der Waals surface area (Å²) in [7, 11) is 0. The molecule has 5 aliphatic heterocycles. The molecule has 1 aromatic carbocycles. The summed E-state index contributed by atoms with van der Waals surface area (Å²) < 4.78 is 30.2. The van der Waals surface area contributed by atoms with E-state index in [4.69, 9.17) is 0 Å². The van der Waals surface area contributed by atoms with Gasteiger partial charge in [0.1, 0.15) is 5.82 Å². The van der Waals surface area contributed by atoms with Crippen LogP contribution in [0.2, 0.25) is 0 Å². The van der Waals surface area contributed by atoms with Gasteiger partial charge in [0.2, 0.25) is 11.9 Å². The molecule has 0 radical (unpaired) electrons. The fraction of sp³-hybridized carbons (Fsp3) is 0.429. The number of halogens is 2. The molecule has 206 valence electrons. The summed E-state index contributed by atoms with van der Waals surface area (Å²) in [6.45, 7) is 4.25. The Bertz CT molecular complexity index is 1270. The maximum atomic E-state index is 15.1. The summed E-state index contributed by atoms with van der Waals surface area (Å²) in [6.07, 6.45) is 3.90. The number of aromatic nitrogens is 3. The number of rotatable bonds is 2. The molecule has 8 rings (SSSR count). The lowest BCUT2D eigenvalue weighted by molar-refractivity contribution is -0.129. The molecule has 0 aliphatic carbocycles. The Morgan fingerprint density at radius 1 is 1.05 bits per heavy atom. The van der Waals surface area contributed by atoms with Gasteiger partial charge in [0, 0.05) is 69.3 Å². The highest BCUT2D eigenvalue weighted by molar-refractivity contribution is 5.78. The molecule has 3 atom stereocenters. The third kappa shape index (κ3) is 6.85. The molecule has 11 heteroatoms. The van der Waals surface area contributed by atoms with Gasteiger partial charge in [0.15, 0.2) is 0 Å². The number of nitrogens with zero attached hydrogens (tertiary/aromatic N) is 5. The lowest BCUT2D eigenvalue weighted by Crippen LogP contribution is -2.60. The number of piperazine rings is 1. The van der Waals surface area contributed by atoms with Gasteiger partial charge in [-0.15, -0.1) is 0 Å². The number of carbonyl (C=O) groups is 1. The zero-order valence-corrected chi connectivity index (χ0v) is 22.0. The Labute approximate surface area is 227 Å². The number of hydrogen-bond donors (Lipinski definition) is 3. The Kier molecular flexibility index (Phi) is 8.27. The van der Waals surface area contributed by atoms with Crippen molar-refractivity contribution in [3.05, 3.63) is 60.4 Å². The van der Waals surface area contributed by atoms with Crippen LogP contribution in [0, 0.1) is 0 Å². The van der Waals surface area contributed by atoms with Crippen LogP contribution in [-0.2, 0) is 11.3 Å². The predicted molar refractivity (Wildman–Crippen MR) is 147 cm³/mol. The van der Waals surface area contributed by atoms with Crippen molar-refractivity contribution in [3.8, 4) is 11.3 Å². The lowest BCUT2D eigenvalue weighted by Gasteiger charge is -2.44. The Balaban J connectivity index is 1.41. The highest BCUT2D eigenvalue weighted by Gasteiger charge is 2.44. The van der Waals surface area contributed by atoms with Crippen molar-refractivity contribution < 1.29 is 13.6 Å². The largest absolute Gasteiger partial charge is 0.370 e. The zero-order chi connectivity index (χ0) is 27.2. The van der Waals surface area contributed by atoms with E-state index in [9.17, 15) is 4.79 Å². The number of hydrogen-bond acceptors (Lipinski definition) is 8. The van der Waals surface area contributed by atoms with Crippen LogP contribution in [0.5, 0.6) is 0 Å². The van der Waals surface area contributed by atoms with Gasteiger partial charge in [-0.2, -0.15) is 0 Å². The Morgan fingerprint density at radius 3 is 2.74 bits per heavy atom. The minimum absolute atomic E-state index is 0.110. The number of carbonyl (C=O) groups excluding carboxylic acids is 1. The van der Waals surface area contributed by atoms with E-state index >= 15 is 8.78 Å². The number of alkyl halides is 2. The first-order valence-corrected chi connectivity index (χ1v) is 13.4. The topological polar surface area (TPSA) is 98.3 Å². The first-order chi connectivity index (χ1) is 18.9. The monoisotopic (exact) mass is 536 g/mol. The second-order valence-electron chi connectivity index (χ2n) is 9.99. The summed E-state index contributed by atoms with van der Waals surface area (Å²) >= 11 is 0. The van der Waals surface area contributed by atoms with Crippen LogP contribution in [0.4, 0.5) is 26.2 Å². The fourth-order valence-corrected chi connectivity index (χ4v) is 4.98. The normalized spacial score (nSPS) is 22.4. The summed E-state index contributed by atoms with van der Waals surface area (Å²) in [5.41, 5.74) is 3.26. The van der Waals surface area contributed by atoms with Crippen molar-refractivity contribution >= 4 is 23.4 Å². The van der Waals surface area contributed by atoms with Gasteiger partial charge < -0.3 is 16.0 Å². The first kappa shape index (κ1) is 26.9. The van der Waals surface area contributed by atoms with Gasteiger partial charge in [0.25, 0.3) is 5.92 Å². The average molecular weight is 537 g/mol. The van der Waals surface area contributed by atoms with E-state index in [1.54, 1.807) is 12.4 Å². The number of pyridine rings is 1. The van der Waals surface area contributed by atoms with E-state index in [0.717, 1.165) is 28.3 Å². The van der Waals surface area contributed by atoms with Crippen molar-refractivity contribution in [2.24, 2.45) is 0 Å². The molecule has 0 spiro atoms. The maximum Gasteiger partial charge on any atom is 0.264 e. The molecular formula is C28H34F2N8O. The van der Waals surface area contributed by atoms with Crippen LogP contribution in [0.25, 0.3) is 11.3 Å². The van der Waals surface area contributed by atoms with Gasteiger partial charge in [-0.1, -0.05) is 19.1 Å². The molecule has 0 saturated carbocycles. The van der Waals surface area contributed by atoms with Crippen LogP contribution in [0.1, 0.15) is 25.3 Å². The van der Waals surface area contributed by atoms with E-state index in [2.05, 4.69) is 30.9 Å². The van der Waals surface area contributed by atoms with Crippen LogP contribution in [0.3, 0.4) is 0 Å². The summed E-state index contributed by atoms with van der Waals surface area (Å²) in [5.74, 6) is -1.86. The smallest absolute Gasteiger partial charge is 0.264 e. The molecule has 3 unspecified atom stereocenters. The van der Waals surface area contributed by atoms with Crippen LogP contribution in [-0.4, -0.2) is 81.9 Å². The van der Waals surface area contributed by atoms with Crippen LogP contribution >= 0.6 is 0 Å².